The molecule has 5 nitrogen and oxygen atoms in total. The smallest absolute Gasteiger partial charge is 0.211 e. The zero-order chi connectivity index (χ0) is 10.3. The molecule has 0 saturated heterocycles. The Bertz CT molecular complexity index is 517. The number of hydrogen-bond acceptors (Lipinski definition) is 3. The molecule has 14 heavy (non-hydrogen) atoms. The van der Waals surface area contributed by atoms with Crippen LogP contribution in [0.4, 0.5) is 0 Å². The number of nitrogens with one attached hydrogen (secondary N) is 1. The number of aromatic amines is 1. The summed E-state index contributed by atoms with van der Waals surface area (Å²) in [6, 6.07) is 0. The predicted molar refractivity (Wildman–Crippen MR) is 53.1 cm³/mol. The fourth-order valence-electron chi connectivity index (χ4n) is 1.37. The highest BCUT2D eigenvalue weighted by Gasteiger charge is 2.17. The van der Waals surface area contributed by atoms with Crippen molar-refractivity contribution in [1.82, 2.24) is 20.0 Å². The highest BCUT2D eigenvalue weighted by molar-refractivity contribution is 5.73. The predicted octanol–water partition coefficient (Wildman–Crippen LogP) is 0.875. The van der Waals surface area contributed by atoms with E-state index >= 15 is 0 Å². The topological polar surface area (TPSA) is 63.6 Å². The Morgan fingerprint density at radius 3 is 2.71 bits per heavy atom. The molecule has 0 aliphatic rings. The van der Waals surface area contributed by atoms with Crippen LogP contribution in [0.3, 0.4) is 0 Å². The molecule has 5 heteroatoms. The van der Waals surface area contributed by atoms with Gasteiger partial charge in [0.1, 0.15) is 0 Å². The van der Waals surface area contributed by atoms with E-state index in [0.29, 0.717) is 11.0 Å². The minimum absolute atomic E-state index is 0.103. The van der Waals surface area contributed by atoms with Crippen LogP contribution in [-0.4, -0.2) is 20.0 Å². The molecular formula is C9H12N4O. The van der Waals surface area contributed by atoms with Gasteiger partial charge in [0.25, 0.3) is 0 Å². The second-order valence-corrected chi connectivity index (χ2v) is 4.22. The van der Waals surface area contributed by atoms with Gasteiger partial charge in [-0.1, -0.05) is 0 Å². The van der Waals surface area contributed by atoms with Crippen molar-refractivity contribution in [2.45, 2.75) is 26.3 Å². The molecule has 0 spiro atoms. The van der Waals surface area contributed by atoms with Crippen molar-refractivity contribution in [2.75, 3.05) is 0 Å². The van der Waals surface area contributed by atoms with Gasteiger partial charge in [-0.25, -0.2) is 4.68 Å². The van der Waals surface area contributed by atoms with E-state index in [1.165, 1.54) is 6.20 Å². The van der Waals surface area contributed by atoms with Crippen LogP contribution in [0.25, 0.3) is 11.0 Å². The molecule has 1 N–H and O–H groups in total. The molecule has 0 atom stereocenters. The maximum absolute atomic E-state index is 11.4. The third kappa shape index (κ3) is 1.21. The Balaban J connectivity index is 2.83. The first-order valence-corrected chi connectivity index (χ1v) is 4.42. The van der Waals surface area contributed by atoms with Gasteiger partial charge in [0.2, 0.25) is 5.43 Å². The molecule has 0 saturated carbocycles. The van der Waals surface area contributed by atoms with E-state index in [0.717, 1.165) is 0 Å². The van der Waals surface area contributed by atoms with Crippen LogP contribution in [0, 0.1) is 0 Å². The second-order valence-electron chi connectivity index (χ2n) is 4.22. The van der Waals surface area contributed by atoms with Crippen LogP contribution in [0.1, 0.15) is 20.8 Å². The SMILES string of the molecule is CC(C)(C)n1ncc2c(=O)cn[nH]c21. The summed E-state index contributed by atoms with van der Waals surface area (Å²) in [6.45, 7) is 6.06. The van der Waals surface area contributed by atoms with Gasteiger partial charge in [-0.3, -0.25) is 9.89 Å². The van der Waals surface area contributed by atoms with E-state index in [-0.39, 0.29) is 11.0 Å². The lowest BCUT2D eigenvalue weighted by molar-refractivity contribution is 0.365. The summed E-state index contributed by atoms with van der Waals surface area (Å²) in [5, 5.41) is 11.3. The van der Waals surface area contributed by atoms with Crippen LogP contribution in [0.2, 0.25) is 0 Å². The van der Waals surface area contributed by atoms with Crippen LogP contribution in [0.5, 0.6) is 0 Å². The summed E-state index contributed by atoms with van der Waals surface area (Å²) in [6.07, 6.45) is 2.83. The van der Waals surface area contributed by atoms with Gasteiger partial charge in [-0.05, 0) is 20.8 Å². The normalized spacial score (nSPS) is 12.2. The molecule has 0 amide bonds. The number of H-pyrrole nitrogens is 1. The zero-order valence-corrected chi connectivity index (χ0v) is 8.40. The van der Waals surface area contributed by atoms with Crippen LogP contribution in [-0.2, 0) is 5.54 Å². The first-order chi connectivity index (χ1) is 6.50. The average molecular weight is 192 g/mol. The van der Waals surface area contributed by atoms with Crippen LogP contribution >= 0.6 is 0 Å². The Morgan fingerprint density at radius 1 is 1.36 bits per heavy atom. The first kappa shape index (κ1) is 8.93. The van der Waals surface area contributed by atoms with Gasteiger partial charge >= 0.3 is 0 Å². The zero-order valence-electron chi connectivity index (χ0n) is 8.40. The number of hydrogen-bond donors (Lipinski definition) is 1. The first-order valence-electron chi connectivity index (χ1n) is 4.42. The van der Waals surface area contributed by atoms with E-state index < -0.39 is 0 Å². The summed E-state index contributed by atoms with van der Waals surface area (Å²) in [7, 11) is 0. The summed E-state index contributed by atoms with van der Waals surface area (Å²) in [5.41, 5.74) is 0.410. The van der Waals surface area contributed by atoms with Crippen molar-refractivity contribution in [1.29, 1.82) is 0 Å². The third-order valence-corrected chi connectivity index (χ3v) is 2.02. The van der Waals surface area contributed by atoms with Crippen molar-refractivity contribution >= 4 is 11.0 Å². The van der Waals surface area contributed by atoms with Crippen molar-refractivity contribution in [2.24, 2.45) is 0 Å². The lowest BCUT2D eigenvalue weighted by Crippen LogP contribution is -2.23. The average Bonchev–Trinajstić information content (AvgIpc) is 2.47. The molecule has 0 unspecified atom stereocenters. The summed E-state index contributed by atoms with van der Waals surface area (Å²) >= 11 is 0. The van der Waals surface area contributed by atoms with Crippen molar-refractivity contribution in [3.05, 3.63) is 22.6 Å². The molecule has 2 heterocycles. The largest absolute Gasteiger partial charge is 0.287 e. The number of aromatic nitrogens is 4. The number of nitrogens with zero attached hydrogens (tertiary/aromatic N) is 3. The van der Waals surface area contributed by atoms with Crippen molar-refractivity contribution in [3.63, 3.8) is 0 Å². The van der Waals surface area contributed by atoms with E-state index in [1.54, 1.807) is 10.9 Å². The lowest BCUT2D eigenvalue weighted by atomic mass is 10.1. The fraction of sp³-hybridized carbons (Fsp3) is 0.444. The minimum atomic E-state index is -0.159. The Morgan fingerprint density at radius 2 is 2.07 bits per heavy atom. The molecule has 0 bridgehead atoms. The van der Waals surface area contributed by atoms with E-state index in [4.69, 9.17) is 0 Å². The van der Waals surface area contributed by atoms with E-state index in [1.807, 2.05) is 20.8 Å². The molecule has 0 aliphatic heterocycles. The van der Waals surface area contributed by atoms with Crippen LogP contribution < -0.4 is 5.43 Å². The molecule has 0 radical (unpaired) electrons. The van der Waals surface area contributed by atoms with Gasteiger partial charge in [0, 0.05) is 0 Å². The quantitative estimate of drug-likeness (QED) is 0.673. The molecule has 74 valence electrons. The van der Waals surface area contributed by atoms with Gasteiger partial charge < -0.3 is 0 Å². The molecule has 2 rings (SSSR count). The van der Waals surface area contributed by atoms with Gasteiger partial charge in [0.05, 0.1) is 23.3 Å². The number of fused-ring (bicyclic) bond motifs is 1. The van der Waals surface area contributed by atoms with Crippen molar-refractivity contribution < 1.29 is 0 Å². The monoisotopic (exact) mass is 192 g/mol. The van der Waals surface area contributed by atoms with Gasteiger partial charge in [0.15, 0.2) is 5.65 Å². The van der Waals surface area contributed by atoms with Crippen LogP contribution in [0.15, 0.2) is 17.2 Å². The summed E-state index contributed by atoms with van der Waals surface area (Å²) in [5.74, 6) is 0. The highest BCUT2D eigenvalue weighted by atomic mass is 16.1. The summed E-state index contributed by atoms with van der Waals surface area (Å²) < 4.78 is 1.76. The summed E-state index contributed by atoms with van der Waals surface area (Å²) in [4.78, 5) is 11.4. The van der Waals surface area contributed by atoms with Gasteiger partial charge in [-0.15, -0.1) is 0 Å². The Hall–Kier alpha value is -1.65. The standard InChI is InChI=1S/C9H12N4O/c1-9(2,3)13-8-6(4-11-13)7(14)5-10-12-8/h4-5H,1-3H3,(H,12,14). The third-order valence-electron chi connectivity index (χ3n) is 2.02. The second kappa shape index (κ2) is 2.67. The van der Waals surface area contributed by atoms with Gasteiger partial charge in [-0.2, -0.15) is 10.2 Å². The Kier molecular flexibility index (Phi) is 1.70. The minimum Gasteiger partial charge on any atom is -0.287 e. The van der Waals surface area contributed by atoms with E-state index in [9.17, 15) is 4.79 Å². The maximum atomic E-state index is 11.4. The fourth-order valence-corrected chi connectivity index (χ4v) is 1.37. The molecule has 2 aromatic heterocycles. The highest BCUT2D eigenvalue weighted by Crippen LogP contribution is 2.16. The lowest BCUT2D eigenvalue weighted by Gasteiger charge is -2.19. The molecule has 0 fully saturated rings. The van der Waals surface area contributed by atoms with E-state index in [2.05, 4.69) is 15.3 Å². The van der Waals surface area contributed by atoms with Crippen molar-refractivity contribution in [3.8, 4) is 0 Å². The molecule has 0 aromatic carbocycles. The molecule has 2 aromatic rings. The molecule has 0 aliphatic carbocycles. The Labute approximate surface area is 80.7 Å². The maximum Gasteiger partial charge on any atom is 0.211 e. The number of rotatable bonds is 0. The molecular weight excluding hydrogens is 180 g/mol.